The summed E-state index contributed by atoms with van der Waals surface area (Å²) in [4.78, 5) is 55.5. The summed E-state index contributed by atoms with van der Waals surface area (Å²) in [6, 6.07) is 20.6. The lowest BCUT2D eigenvalue weighted by molar-refractivity contribution is -0.138. The van der Waals surface area contributed by atoms with Gasteiger partial charge in [-0.15, -0.1) is 5.06 Å². The van der Waals surface area contributed by atoms with E-state index in [-0.39, 0.29) is 30.1 Å². The van der Waals surface area contributed by atoms with Crippen molar-refractivity contribution in [1.29, 1.82) is 0 Å². The lowest BCUT2D eigenvalue weighted by atomic mass is 10.1. The predicted molar refractivity (Wildman–Crippen MR) is 129 cm³/mol. The quantitative estimate of drug-likeness (QED) is 0.365. The monoisotopic (exact) mass is 484 g/mol. The number of aromatic nitrogens is 2. The molecule has 3 aromatic carbocycles. The zero-order chi connectivity index (χ0) is 25.2. The molecule has 0 bridgehead atoms. The summed E-state index contributed by atoms with van der Waals surface area (Å²) in [6.07, 6.45) is 0. The summed E-state index contributed by atoms with van der Waals surface area (Å²) in [5.41, 5.74) is 0.586. The van der Waals surface area contributed by atoms with Gasteiger partial charge in [0.05, 0.1) is 29.7 Å². The summed E-state index contributed by atoms with van der Waals surface area (Å²) in [6.45, 7) is -0.286. The van der Waals surface area contributed by atoms with Gasteiger partial charge in [0.1, 0.15) is 0 Å². The van der Waals surface area contributed by atoms with E-state index in [1.54, 1.807) is 66.7 Å². The molecule has 10 heteroatoms. The number of amides is 2. The Hall–Kier alpha value is -4.83. The van der Waals surface area contributed by atoms with Gasteiger partial charge in [-0.25, -0.2) is 9.48 Å². The van der Waals surface area contributed by atoms with Gasteiger partial charge in [0.25, 0.3) is 17.4 Å². The van der Waals surface area contributed by atoms with Gasteiger partial charge >= 0.3 is 5.97 Å². The van der Waals surface area contributed by atoms with Crippen LogP contribution in [0.4, 0.5) is 5.82 Å². The number of carboxylic acid groups (broad SMARTS) is 1. The fraction of sp³-hybridized carbons (Fsp3) is 0.115. The Morgan fingerprint density at radius 3 is 2.08 bits per heavy atom. The van der Waals surface area contributed by atoms with Crippen LogP contribution in [-0.4, -0.2) is 44.3 Å². The van der Waals surface area contributed by atoms with Gasteiger partial charge < -0.3 is 10.4 Å². The van der Waals surface area contributed by atoms with Crippen molar-refractivity contribution in [3.8, 4) is 0 Å². The van der Waals surface area contributed by atoms with Crippen LogP contribution in [-0.2, 0) is 16.2 Å². The van der Waals surface area contributed by atoms with Gasteiger partial charge in [-0.05, 0) is 23.8 Å². The van der Waals surface area contributed by atoms with Gasteiger partial charge in [-0.3, -0.25) is 19.2 Å². The number of carboxylic acids is 1. The number of fused-ring (bicyclic) bond motifs is 2. The maximum Gasteiger partial charge on any atom is 0.330 e. The number of benzene rings is 3. The van der Waals surface area contributed by atoms with E-state index in [1.165, 1.54) is 12.1 Å². The third kappa shape index (κ3) is 4.10. The van der Waals surface area contributed by atoms with E-state index < -0.39 is 29.4 Å². The molecule has 5 rings (SSSR count). The van der Waals surface area contributed by atoms with E-state index in [0.717, 1.165) is 4.68 Å². The molecule has 2 amide bonds. The normalized spacial score (nSPS) is 13.6. The number of aliphatic carboxylic acids is 1. The second kappa shape index (κ2) is 9.43. The molecule has 36 heavy (non-hydrogen) atoms. The average molecular weight is 484 g/mol. The van der Waals surface area contributed by atoms with Gasteiger partial charge in [0.15, 0.2) is 11.9 Å². The summed E-state index contributed by atoms with van der Waals surface area (Å²) >= 11 is 0. The molecule has 0 saturated carbocycles. The molecule has 2 heterocycles. The Kier molecular flexibility index (Phi) is 6.01. The lowest BCUT2D eigenvalue weighted by Gasteiger charge is -2.18. The van der Waals surface area contributed by atoms with E-state index in [4.69, 9.17) is 4.84 Å². The summed E-state index contributed by atoms with van der Waals surface area (Å²) in [7, 11) is 0. The molecular weight excluding hydrogens is 464 g/mol. The number of carbonyl (C=O) groups excluding carboxylic acids is 2. The molecule has 1 aliphatic heterocycles. The standard InChI is InChI=1S/C26H20N4O6/c31-23-18-11-5-4-10-17(18)22(27-21(26(34)35)16-8-2-1-3-9-16)28-29(23)14-15-36-30-24(32)19-12-6-7-13-20(19)25(30)33/h1-13,21H,14-15H2,(H,27,28)(H,34,35). The number of anilines is 1. The SMILES string of the molecule is O=C(O)C(Nc1nn(CCON2C(=O)c3ccccc3C2=O)c(=O)c2ccccc12)c1ccccc1. The molecule has 1 aromatic heterocycles. The van der Waals surface area contributed by atoms with Crippen LogP contribution in [0.15, 0.2) is 83.7 Å². The molecule has 0 fully saturated rings. The zero-order valence-corrected chi connectivity index (χ0v) is 18.8. The number of hydrogen-bond acceptors (Lipinski definition) is 7. The van der Waals surface area contributed by atoms with E-state index in [9.17, 15) is 24.3 Å². The van der Waals surface area contributed by atoms with Crippen molar-refractivity contribution < 1.29 is 24.3 Å². The Bertz CT molecular complexity index is 1510. The first-order valence-electron chi connectivity index (χ1n) is 11.1. The van der Waals surface area contributed by atoms with Crippen molar-refractivity contribution in [2.75, 3.05) is 11.9 Å². The third-order valence-corrected chi connectivity index (χ3v) is 5.81. The Morgan fingerprint density at radius 1 is 0.861 bits per heavy atom. The van der Waals surface area contributed by atoms with Crippen LogP contribution in [0.25, 0.3) is 10.8 Å². The van der Waals surface area contributed by atoms with Crippen LogP contribution < -0.4 is 10.9 Å². The Balaban J connectivity index is 1.41. The number of hydrogen-bond donors (Lipinski definition) is 2. The maximum atomic E-state index is 13.1. The first kappa shape index (κ1) is 22.9. The number of rotatable bonds is 8. The topological polar surface area (TPSA) is 131 Å². The van der Waals surface area contributed by atoms with Gasteiger partial charge in [-0.1, -0.05) is 60.7 Å². The van der Waals surface area contributed by atoms with Gasteiger partial charge in [0.2, 0.25) is 0 Å². The molecule has 4 aromatic rings. The summed E-state index contributed by atoms with van der Waals surface area (Å²) in [5.74, 6) is -2.08. The lowest BCUT2D eigenvalue weighted by Crippen LogP contribution is -2.33. The summed E-state index contributed by atoms with van der Waals surface area (Å²) in [5, 5.41) is 18.6. The van der Waals surface area contributed by atoms with Crippen LogP contribution in [0, 0.1) is 0 Å². The molecule has 0 saturated heterocycles. The Morgan fingerprint density at radius 2 is 1.44 bits per heavy atom. The van der Waals surface area contributed by atoms with Crippen molar-refractivity contribution in [2.45, 2.75) is 12.6 Å². The highest BCUT2D eigenvalue weighted by Gasteiger charge is 2.36. The highest BCUT2D eigenvalue weighted by atomic mass is 16.7. The van der Waals surface area contributed by atoms with Gasteiger partial charge in [0, 0.05) is 5.39 Å². The number of imide groups is 1. The van der Waals surface area contributed by atoms with Crippen LogP contribution in [0.3, 0.4) is 0 Å². The molecule has 1 aliphatic rings. The number of carbonyl (C=O) groups is 3. The molecular formula is C26H20N4O6. The Labute approximate surface area is 204 Å². The highest BCUT2D eigenvalue weighted by Crippen LogP contribution is 2.25. The molecule has 1 unspecified atom stereocenters. The van der Waals surface area contributed by atoms with Gasteiger partial charge in [-0.2, -0.15) is 5.10 Å². The van der Waals surface area contributed by atoms with E-state index in [0.29, 0.717) is 21.4 Å². The molecule has 0 aliphatic carbocycles. The highest BCUT2D eigenvalue weighted by molar-refractivity contribution is 6.20. The second-order valence-electron chi connectivity index (χ2n) is 8.03. The minimum atomic E-state index is -1.11. The van der Waals surface area contributed by atoms with Crippen LogP contribution in [0.1, 0.15) is 32.3 Å². The van der Waals surface area contributed by atoms with Crippen molar-refractivity contribution in [3.05, 3.63) is 106 Å². The first-order valence-corrected chi connectivity index (χ1v) is 11.1. The first-order chi connectivity index (χ1) is 17.5. The number of hydroxylamine groups is 2. The molecule has 2 N–H and O–H groups in total. The molecule has 1 atom stereocenters. The van der Waals surface area contributed by atoms with Crippen molar-refractivity contribution in [2.24, 2.45) is 0 Å². The smallest absolute Gasteiger partial charge is 0.330 e. The maximum absolute atomic E-state index is 13.1. The van der Waals surface area contributed by atoms with E-state index in [2.05, 4.69) is 10.4 Å². The molecule has 0 radical (unpaired) electrons. The van der Waals surface area contributed by atoms with Crippen LogP contribution >= 0.6 is 0 Å². The van der Waals surface area contributed by atoms with E-state index in [1.807, 2.05) is 0 Å². The van der Waals surface area contributed by atoms with Crippen LogP contribution in [0.5, 0.6) is 0 Å². The summed E-state index contributed by atoms with van der Waals surface area (Å²) < 4.78 is 1.12. The van der Waals surface area contributed by atoms with Crippen LogP contribution in [0.2, 0.25) is 0 Å². The fourth-order valence-electron chi connectivity index (χ4n) is 4.07. The third-order valence-electron chi connectivity index (χ3n) is 5.81. The van der Waals surface area contributed by atoms with Crippen molar-refractivity contribution in [1.82, 2.24) is 14.8 Å². The predicted octanol–water partition coefficient (Wildman–Crippen LogP) is 2.86. The van der Waals surface area contributed by atoms with Crippen molar-refractivity contribution >= 4 is 34.4 Å². The van der Waals surface area contributed by atoms with E-state index >= 15 is 0 Å². The molecule has 10 nitrogen and oxygen atoms in total. The molecule has 180 valence electrons. The average Bonchev–Trinajstić information content (AvgIpc) is 3.14. The number of nitrogens with one attached hydrogen (secondary N) is 1. The second-order valence-corrected chi connectivity index (χ2v) is 8.03. The minimum Gasteiger partial charge on any atom is -0.479 e. The fourth-order valence-corrected chi connectivity index (χ4v) is 4.07. The zero-order valence-electron chi connectivity index (χ0n) is 18.8. The number of nitrogens with zero attached hydrogens (tertiary/aromatic N) is 3. The largest absolute Gasteiger partial charge is 0.479 e. The van der Waals surface area contributed by atoms with Crippen molar-refractivity contribution in [3.63, 3.8) is 0 Å². The molecule has 0 spiro atoms. The minimum absolute atomic E-state index is 0.0885.